The minimum absolute atomic E-state index is 0.177. The number of rotatable bonds is 27. The van der Waals surface area contributed by atoms with Gasteiger partial charge in [0.05, 0.1) is 11.0 Å². The number of benzene rings is 12. The summed E-state index contributed by atoms with van der Waals surface area (Å²) in [5.41, 5.74) is 25.0. The van der Waals surface area contributed by atoms with Crippen molar-refractivity contribution in [1.29, 1.82) is 0 Å². The van der Waals surface area contributed by atoms with Gasteiger partial charge < -0.3 is 24.2 Å². The third kappa shape index (κ3) is 13.0. The Hall–Kier alpha value is -10.4. The van der Waals surface area contributed by atoms with Gasteiger partial charge in [0.25, 0.3) is 0 Å². The molecule has 0 amide bonds. The molecule has 1 aliphatic carbocycles. The van der Waals surface area contributed by atoms with Gasteiger partial charge in [0.1, 0.15) is 0 Å². The van der Waals surface area contributed by atoms with Crippen molar-refractivity contribution in [3.63, 3.8) is 0 Å². The predicted octanol–water partition coefficient (Wildman–Crippen LogP) is 27.0. The molecule has 1 heterocycles. The minimum atomic E-state index is -0.177. The molecule has 5 heteroatoms. The van der Waals surface area contributed by atoms with Crippen molar-refractivity contribution in [2.75, 3.05) is 19.6 Å². The summed E-state index contributed by atoms with van der Waals surface area (Å²) in [4.78, 5) is 9.75. The number of anilines is 12. The van der Waals surface area contributed by atoms with Gasteiger partial charge in [-0.25, -0.2) is 0 Å². The van der Waals surface area contributed by atoms with Crippen molar-refractivity contribution in [3.8, 4) is 16.8 Å². The largest absolute Gasteiger partial charge is 0.310 e. The van der Waals surface area contributed by atoms with Gasteiger partial charge in [-0.1, -0.05) is 218 Å². The molecule has 96 heavy (non-hydrogen) atoms. The second-order valence-corrected chi connectivity index (χ2v) is 26.5. The van der Waals surface area contributed by atoms with Crippen LogP contribution in [0.15, 0.2) is 297 Å². The van der Waals surface area contributed by atoms with E-state index in [-0.39, 0.29) is 5.41 Å². The van der Waals surface area contributed by atoms with Crippen LogP contribution in [0, 0.1) is 13.8 Å². The van der Waals surface area contributed by atoms with Crippen molar-refractivity contribution < 1.29 is 0 Å². The maximum absolute atomic E-state index is 2.61. The lowest BCUT2D eigenvalue weighted by atomic mass is 9.70. The lowest BCUT2D eigenvalue weighted by molar-refractivity contribution is 0.398. The molecule has 0 radical (unpaired) electrons. The first-order valence-corrected chi connectivity index (χ1v) is 35.4. The van der Waals surface area contributed by atoms with Crippen LogP contribution in [0.2, 0.25) is 0 Å². The molecule has 12 aromatic carbocycles. The molecule has 1 aliphatic rings. The zero-order chi connectivity index (χ0) is 65.2. The highest BCUT2D eigenvalue weighted by molar-refractivity contribution is 6.12. The lowest BCUT2D eigenvalue weighted by Gasteiger charge is -2.35. The van der Waals surface area contributed by atoms with E-state index in [4.69, 9.17) is 0 Å². The molecular formula is C91H89N5. The lowest BCUT2D eigenvalue weighted by Crippen LogP contribution is -2.26. The standard InChI is InChI=1S/C91H89N5/c1-5-7-9-11-13-30-60-91(61-31-14-12-10-8-6-2)87-66-81(92(70-36-20-15-21-37-70)71-38-22-16-23-39-71)52-56-83(87)84-57-53-82(67-88(84)91)93(72-40-24-17-25-41-72)75-48-50-76(51-49-75)96-89-58-54-79(94(73-42-26-18-27-43-73)77-46-32-34-68(3)62-77)64-85(89)86-65-80(55-59-90(86)96)95(74-44-28-19-29-45-74)78-47-33-35-69(4)63-78/h15-29,32-59,62-67H,5-14,30-31,60-61H2,1-4H3. The SMILES string of the molecule is CCCCCCCCC1(CCCCCCCC)c2cc(N(c3ccccc3)c3ccccc3)ccc2-c2ccc(N(c3ccccc3)c3ccc(-n4c5ccc(N(c6ccccc6)c6cccc(C)c6)cc5c5cc(N(c6ccccc6)c6cccc(C)c6)ccc54)cc3)cc21. The van der Waals surface area contributed by atoms with Crippen LogP contribution in [-0.4, -0.2) is 4.57 Å². The Balaban J connectivity index is 0.907. The molecular weight excluding hydrogens is 1160 g/mol. The monoisotopic (exact) mass is 1250 g/mol. The van der Waals surface area contributed by atoms with E-state index in [1.807, 2.05) is 0 Å². The number of hydrogen-bond donors (Lipinski definition) is 0. The van der Waals surface area contributed by atoms with Crippen molar-refractivity contribution >= 4 is 90.1 Å². The van der Waals surface area contributed by atoms with E-state index in [0.717, 1.165) is 86.4 Å². The highest BCUT2D eigenvalue weighted by Gasteiger charge is 2.43. The first kappa shape index (κ1) is 63.1. The molecule has 1 aromatic heterocycles. The second kappa shape index (κ2) is 29.1. The van der Waals surface area contributed by atoms with Crippen molar-refractivity contribution in [2.45, 2.75) is 123 Å². The molecule has 0 aliphatic heterocycles. The van der Waals surface area contributed by atoms with Crippen LogP contribution in [0.5, 0.6) is 0 Å². The maximum Gasteiger partial charge on any atom is 0.0542 e. The first-order chi connectivity index (χ1) is 47.4. The molecule has 0 saturated carbocycles. The Morgan fingerprint density at radius 3 is 0.917 bits per heavy atom. The summed E-state index contributed by atoms with van der Waals surface area (Å²) in [6.45, 7) is 9.01. The van der Waals surface area contributed by atoms with E-state index < -0.39 is 0 Å². The van der Waals surface area contributed by atoms with Gasteiger partial charge in [-0.2, -0.15) is 0 Å². The summed E-state index contributed by atoms with van der Waals surface area (Å²) >= 11 is 0. The Kier molecular flexibility index (Phi) is 19.1. The van der Waals surface area contributed by atoms with Crippen LogP contribution in [0.1, 0.15) is 126 Å². The highest BCUT2D eigenvalue weighted by atomic mass is 15.2. The summed E-state index contributed by atoms with van der Waals surface area (Å²) in [5, 5.41) is 2.35. The third-order valence-electron chi connectivity index (χ3n) is 20.0. The topological polar surface area (TPSA) is 17.9 Å². The highest BCUT2D eigenvalue weighted by Crippen LogP contribution is 2.57. The van der Waals surface area contributed by atoms with Crippen LogP contribution < -0.4 is 19.6 Å². The van der Waals surface area contributed by atoms with Crippen molar-refractivity contribution in [2.24, 2.45) is 0 Å². The van der Waals surface area contributed by atoms with Gasteiger partial charge in [0.15, 0.2) is 0 Å². The van der Waals surface area contributed by atoms with Crippen molar-refractivity contribution in [1.82, 2.24) is 4.57 Å². The van der Waals surface area contributed by atoms with Crippen LogP contribution in [0.3, 0.4) is 0 Å². The number of hydrogen-bond acceptors (Lipinski definition) is 4. The third-order valence-corrected chi connectivity index (χ3v) is 20.0. The Labute approximate surface area is 570 Å². The van der Waals surface area contributed by atoms with Gasteiger partial charge in [-0.15, -0.1) is 0 Å². The summed E-state index contributed by atoms with van der Waals surface area (Å²) in [5.74, 6) is 0. The van der Waals surface area contributed by atoms with E-state index in [1.165, 1.54) is 133 Å². The van der Waals surface area contributed by atoms with Crippen LogP contribution in [-0.2, 0) is 5.41 Å². The fraction of sp³-hybridized carbons (Fsp3) is 0.209. The number of unbranched alkanes of at least 4 members (excludes halogenated alkanes) is 10. The normalized spacial score (nSPS) is 12.2. The van der Waals surface area contributed by atoms with Gasteiger partial charge >= 0.3 is 0 Å². The quantitative estimate of drug-likeness (QED) is 0.0477. The zero-order valence-corrected chi connectivity index (χ0v) is 56.4. The van der Waals surface area contributed by atoms with E-state index in [0.29, 0.717) is 0 Å². The molecule has 5 nitrogen and oxygen atoms in total. The van der Waals surface area contributed by atoms with E-state index >= 15 is 0 Å². The minimum Gasteiger partial charge on any atom is -0.310 e. The smallest absolute Gasteiger partial charge is 0.0542 e. The van der Waals surface area contributed by atoms with Crippen molar-refractivity contribution in [3.05, 3.63) is 320 Å². The molecule has 13 aromatic rings. The molecule has 478 valence electrons. The molecule has 0 bridgehead atoms. The van der Waals surface area contributed by atoms with Crippen LogP contribution >= 0.6 is 0 Å². The summed E-state index contributed by atoms with van der Waals surface area (Å²) in [6, 6.07) is 111. The second-order valence-electron chi connectivity index (χ2n) is 26.5. The average molecular weight is 1250 g/mol. The van der Waals surface area contributed by atoms with Gasteiger partial charge in [0.2, 0.25) is 0 Å². The van der Waals surface area contributed by atoms with Gasteiger partial charge in [-0.05, 0) is 230 Å². The Bertz CT molecular complexity index is 4510. The average Bonchev–Trinajstić information content (AvgIpc) is 1.56. The van der Waals surface area contributed by atoms with Crippen LogP contribution in [0.4, 0.5) is 68.2 Å². The summed E-state index contributed by atoms with van der Waals surface area (Å²) in [6.07, 6.45) is 17.4. The van der Waals surface area contributed by atoms with E-state index in [9.17, 15) is 0 Å². The molecule has 0 atom stereocenters. The Morgan fingerprint density at radius 1 is 0.260 bits per heavy atom. The van der Waals surface area contributed by atoms with Gasteiger partial charge in [0, 0.05) is 90.1 Å². The molecule has 0 N–H and O–H groups in total. The fourth-order valence-electron chi connectivity index (χ4n) is 15.3. The predicted molar refractivity (Wildman–Crippen MR) is 411 cm³/mol. The number of nitrogens with zero attached hydrogens (tertiary/aromatic N) is 5. The molecule has 0 spiro atoms. The number of aryl methyl sites for hydroxylation is 2. The molecule has 14 rings (SSSR count). The number of aromatic nitrogens is 1. The summed E-state index contributed by atoms with van der Waals surface area (Å²) < 4.78 is 2.48. The van der Waals surface area contributed by atoms with Crippen LogP contribution in [0.25, 0.3) is 38.6 Å². The molecule has 0 saturated heterocycles. The molecule has 0 unspecified atom stereocenters. The first-order valence-electron chi connectivity index (χ1n) is 35.4. The fourth-order valence-corrected chi connectivity index (χ4v) is 15.3. The number of para-hydroxylation sites is 5. The molecule has 0 fully saturated rings. The van der Waals surface area contributed by atoms with E-state index in [2.05, 4.69) is 349 Å². The van der Waals surface area contributed by atoms with Gasteiger partial charge in [-0.3, -0.25) is 0 Å². The van der Waals surface area contributed by atoms with E-state index in [1.54, 1.807) is 0 Å². The zero-order valence-electron chi connectivity index (χ0n) is 56.4. The summed E-state index contributed by atoms with van der Waals surface area (Å²) in [7, 11) is 0. The number of fused-ring (bicyclic) bond motifs is 6. The Morgan fingerprint density at radius 2 is 0.552 bits per heavy atom. The maximum atomic E-state index is 2.61.